The first kappa shape index (κ1) is 28.5. The monoisotopic (exact) mass is 531 g/mol. The number of fused-ring (bicyclic) bond motifs is 4. The van der Waals surface area contributed by atoms with E-state index in [-0.39, 0.29) is 17.5 Å². The zero-order valence-corrected chi connectivity index (χ0v) is 25.7. The molecule has 4 aliphatic rings. The summed E-state index contributed by atoms with van der Waals surface area (Å²) in [6.07, 6.45) is 15.1. The molecule has 214 valence electrons. The standard InChI is InChI=1S/C36H53NO2/c1-23(2)11-10-12-24(3)28-17-18-30-26-15-16-29-25(4)33(39-34(38)27-13-8-9-14-32(27)37-7)20-22-36(29,6)31(26)19-21-35(28,30)5/h8-9,11,13-14,24-25,28-30,33,37H,10,12,15-22H2,1-7H3. The molecule has 0 spiro atoms. The van der Waals surface area contributed by atoms with Crippen LogP contribution in [-0.2, 0) is 4.74 Å². The summed E-state index contributed by atoms with van der Waals surface area (Å²) in [5.74, 6) is 3.28. The molecule has 2 saturated carbocycles. The lowest BCUT2D eigenvalue weighted by Crippen LogP contribution is -2.49. The molecule has 3 heteroatoms. The molecule has 4 aliphatic carbocycles. The van der Waals surface area contributed by atoms with E-state index in [1.165, 1.54) is 56.9 Å². The van der Waals surface area contributed by atoms with Gasteiger partial charge in [-0.3, -0.25) is 0 Å². The van der Waals surface area contributed by atoms with Crippen molar-refractivity contribution in [3.8, 4) is 0 Å². The zero-order valence-electron chi connectivity index (χ0n) is 25.7. The minimum atomic E-state index is -0.180. The van der Waals surface area contributed by atoms with E-state index in [9.17, 15) is 4.79 Å². The molecule has 0 amide bonds. The maximum absolute atomic E-state index is 13.2. The lowest BCUT2D eigenvalue weighted by molar-refractivity contribution is -0.0510. The lowest BCUT2D eigenvalue weighted by Gasteiger charge is -2.57. The van der Waals surface area contributed by atoms with Gasteiger partial charge in [-0.25, -0.2) is 4.79 Å². The molecule has 2 fully saturated rings. The zero-order chi connectivity index (χ0) is 27.9. The summed E-state index contributed by atoms with van der Waals surface area (Å²) in [6, 6.07) is 7.70. The van der Waals surface area contributed by atoms with Gasteiger partial charge in [0, 0.05) is 12.7 Å². The molecular formula is C36H53NO2. The molecule has 0 bridgehead atoms. The van der Waals surface area contributed by atoms with Gasteiger partial charge in [0.2, 0.25) is 0 Å². The fourth-order valence-corrected chi connectivity index (χ4v) is 9.95. The number of rotatable bonds is 7. The summed E-state index contributed by atoms with van der Waals surface area (Å²) >= 11 is 0. The van der Waals surface area contributed by atoms with Gasteiger partial charge in [-0.2, -0.15) is 0 Å². The maximum atomic E-state index is 13.2. The number of anilines is 1. The molecule has 0 saturated heterocycles. The molecule has 8 unspecified atom stereocenters. The molecule has 3 nitrogen and oxygen atoms in total. The van der Waals surface area contributed by atoms with Crippen LogP contribution in [0.3, 0.4) is 0 Å². The van der Waals surface area contributed by atoms with Crippen molar-refractivity contribution in [1.82, 2.24) is 0 Å². The molecule has 1 aromatic rings. The quantitative estimate of drug-likeness (QED) is 0.281. The molecule has 0 aliphatic heterocycles. The first-order valence-corrected chi connectivity index (χ1v) is 15.9. The Morgan fingerprint density at radius 1 is 1.10 bits per heavy atom. The van der Waals surface area contributed by atoms with Crippen LogP contribution in [0.1, 0.15) is 116 Å². The van der Waals surface area contributed by atoms with Crippen molar-refractivity contribution in [2.24, 2.45) is 40.4 Å². The second-order valence-corrected chi connectivity index (χ2v) is 14.3. The van der Waals surface area contributed by atoms with Crippen LogP contribution >= 0.6 is 0 Å². The molecule has 1 N–H and O–H groups in total. The molecule has 0 radical (unpaired) electrons. The number of allylic oxidation sites excluding steroid dienone is 4. The highest BCUT2D eigenvalue weighted by molar-refractivity contribution is 5.95. The van der Waals surface area contributed by atoms with Crippen LogP contribution in [-0.4, -0.2) is 19.1 Å². The van der Waals surface area contributed by atoms with Crippen molar-refractivity contribution in [2.45, 2.75) is 112 Å². The van der Waals surface area contributed by atoms with E-state index in [1.54, 1.807) is 0 Å². The van der Waals surface area contributed by atoms with Crippen molar-refractivity contribution < 1.29 is 9.53 Å². The predicted octanol–water partition coefficient (Wildman–Crippen LogP) is 9.61. The van der Waals surface area contributed by atoms with Crippen LogP contribution in [0, 0.1) is 40.4 Å². The van der Waals surface area contributed by atoms with Crippen LogP contribution in [0.5, 0.6) is 0 Å². The van der Waals surface area contributed by atoms with E-state index in [2.05, 4.69) is 52.9 Å². The molecule has 0 heterocycles. The van der Waals surface area contributed by atoms with Crippen LogP contribution in [0.2, 0.25) is 0 Å². The number of hydrogen-bond acceptors (Lipinski definition) is 3. The summed E-state index contributed by atoms with van der Waals surface area (Å²) in [5, 5.41) is 3.14. The van der Waals surface area contributed by atoms with Crippen molar-refractivity contribution in [3.63, 3.8) is 0 Å². The number of benzene rings is 1. The third-order valence-corrected chi connectivity index (χ3v) is 12.1. The molecule has 1 aromatic carbocycles. The average Bonchev–Trinajstić information content (AvgIpc) is 3.27. The average molecular weight is 532 g/mol. The van der Waals surface area contributed by atoms with Crippen LogP contribution in [0.15, 0.2) is 47.1 Å². The number of esters is 1. The van der Waals surface area contributed by atoms with Crippen molar-refractivity contribution >= 4 is 11.7 Å². The smallest absolute Gasteiger partial charge is 0.340 e. The normalized spacial score (nSPS) is 36.3. The largest absolute Gasteiger partial charge is 0.458 e. The molecular weight excluding hydrogens is 478 g/mol. The van der Waals surface area contributed by atoms with Crippen molar-refractivity contribution in [2.75, 3.05) is 12.4 Å². The summed E-state index contributed by atoms with van der Waals surface area (Å²) in [5.41, 5.74) is 7.39. The van der Waals surface area contributed by atoms with E-state index in [0.29, 0.717) is 22.8 Å². The number of para-hydroxylation sites is 1. The Balaban J connectivity index is 1.31. The SMILES string of the molecule is CNc1ccccc1C(=O)OC1CCC2(C)C3=C(CCC2C1C)C1CCC(C(C)CCC=C(C)C)C1(C)CC3. The maximum Gasteiger partial charge on any atom is 0.340 e. The Hall–Kier alpha value is -2.03. The van der Waals surface area contributed by atoms with Gasteiger partial charge in [0.15, 0.2) is 0 Å². The van der Waals surface area contributed by atoms with E-state index in [1.807, 2.05) is 42.5 Å². The van der Waals surface area contributed by atoms with Gasteiger partial charge in [-0.15, -0.1) is 0 Å². The number of carbonyl (C=O) groups excluding carboxylic acids is 1. The summed E-state index contributed by atoms with van der Waals surface area (Å²) in [4.78, 5) is 13.2. The van der Waals surface area contributed by atoms with Gasteiger partial charge in [-0.1, -0.05) is 62.6 Å². The fraction of sp³-hybridized carbons (Fsp3) is 0.694. The first-order valence-electron chi connectivity index (χ1n) is 15.9. The third-order valence-electron chi connectivity index (χ3n) is 12.1. The van der Waals surface area contributed by atoms with Gasteiger partial charge in [0.1, 0.15) is 6.10 Å². The van der Waals surface area contributed by atoms with Gasteiger partial charge in [0.25, 0.3) is 0 Å². The van der Waals surface area contributed by atoms with E-state index in [0.717, 1.165) is 36.3 Å². The lowest BCUT2D eigenvalue weighted by atomic mass is 9.49. The molecule has 39 heavy (non-hydrogen) atoms. The second kappa shape index (κ2) is 11.1. The Morgan fingerprint density at radius 2 is 1.87 bits per heavy atom. The van der Waals surface area contributed by atoms with Crippen LogP contribution < -0.4 is 5.32 Å². The van der Waals surface area contributed by atoms with Crippen molar-refractivity contribution in [1.29, 1.82) is 0 Å². The highest BCUT2D eigenvalue weighted by atomic mass is 16.5. The second-order valence-electron chi connectivity index (χ2n) is 14.3. The Labute approximate surface area is 238 Å². The van der Waals surface area contributed by atoms with E-state index in [4.69, 9.17) is 4.74 Å². The number of carbonyl (C=O) groups is 1. The number of hydrogen-bond donors (Lipinski definition) is 1. The van der Waals surface area contributed by atoms with Gasteiger partial charge >= 0.3 is 5.97 Å². The van der Waals surface area contributed by atoms with E-state index < -0.39 is 0 Å². The number of ether oxygens (including phenoxy) is 1. The van der Waals surface area contributed by atoms with Gasteiger partial charge in [0.05, 0.1) is 5.56 Å². The van der Waals surface area contributed by atoms with Crippen LogP contribution in [0.4, 0.5) is 5.69 Å². The minimum absolute atomic E-state index is 0.00834. The van der Waals surface area contributed by atoms with E-state index >= 15 is 0 Å². The first-order chi connectivity index (χ1) is 18.6. The van der Waals surface area contributed by atoms with Crippen molar-refractivity contribution in [3.05, 3.63) is 52.6 Å². The van der Waals surface area contributed by atoms with Gasteiger partial charge < -0.3 is 10.1 Å². The molecule has 8 atom stereocenters. The van der Waals surface area contributed by atoms with Gasteiger partial charge in [-0.05, 0) is 131 Å². The topological polar surface area (TPSA) is 38.3 Å². The Morgan fingerprint density at radius 3 is 2.62 bits per heavy atom. The third kappa shape index (κ3) is 5.02. The Kier molecular flexibility index (Phi) is 8.11. The molecule has 5 rings (SSSR count). The highest BCUT2D eigenvalue weighted by Gasteiger charge is 2.57. The predicted molar refractivity (Wildman–Crippen MR) is 163 cm³/mol. The number of nitrogens with one attached hydrogen (secondary N) is 1. The molecule has 0 aromatic heterocycles. The Bertz CT molecular complexity index is 1130. The summed E-state index contributed by atoms with van der Waals surface area (Å²) < 4.78 is 6.24. The minimum Gasteiger partial charge on any atom is -0.458 e. The highest BCUT2D eigenvalue weighted by Crippen LogP contribution is 2.66. The summed E-state index contributed by atoms with van der Waals surface area (Å²) in [6.45, 7) is 14.6. The summed E-state index contributed by atoms with van der Waals surface area (Å²) in [7, 11) is 1.86. The van der Waals surface area contributed by atoms with Crippen LogP contribution in [0.25, 0.3) is 0 Å². The fourth-order valence-electron chi connectivity index (χ4n) is 9.95.